The molecule has 8 N–H and O–H groups in total. The van der Waals surface area contributed by atoms with Crippen LogP contribution >= 0.6 is 22.9 Å². The second-order valence-electron chi connectivity index (χ2n) is 9.95. The number of carbonyl (C=O) groups excluding carboxylic acids is 2. The number of carbonyl (C=O) groups is 3. The molecule has 2 atom stereocenters. The molecule has 44 heavy (non-hydrogen) atoms. The van der Waals surface area contributed by atoms with Crippen LogP contribution in [0.3, 0.4) is 0 Å². The maximum Gasteiger partial charge on any atom is 0.418 e. The minimum Gasteiger partial charge on any atom is -0.489 e. The summed E-state index contributed by atoms with van der Waals surface area (Å²) >= 11 is 6.93. The highest BCUT2D eigenvalue weighted by Crippen LogP contribution is 2.33. The van der Waals surface area contributed by atoms with Crippen molar-refractivity contribution >= 4 is 67.8 Å². The molecule has 3 heterocycles. The van der Waals surface area contributed by atoms with Gasteiger partial charge in [0.15, 0.2) is 10.8 Å². The molecule has 2 aliphatic heterocycles. The first-order chi connectivity index (χ1) is 20.6. The van der Waals surface area contributed by atoms with E-state index < -0.39 is 58.2 Å². The van der Waals surface area contributed by atoms with Gasteiger partial charge in [0.1, 0.15) is 34.3 Å². The van der Waals surface area contributed by atoms with Gasteiger partial charge in [-0.15, -0.1) is 4.28 Å². The number of amides is 2. The lowest BCUT2D eigenvalue weighted by Gasteiger charge is -2.50. The summed E-state index contributed by atoms with van der Waals surface area (Å²) in [7, 11) is -5.04. The van der Waals surface area contributed by atoms with Crippen molar-refractivity contribution in [3.63, 3.8) is 0 Å². The van der Waals surface area contributed by atoms with Gasteiger partial charge < -0.3 is 36.4 Å². The van der Waals surface area contributed by atoms with Gasteiger partial charge in [-0.2, -0.15) is 13.5 Å². The van der Waals surface area contributed by atoms with E-state index in [0.29, 0.717) is 10.6 Å². The number of halogens is 1. The molecule has 18 nitrogen and oxygen atoms in total. The maximum absolute atomic E-state index is 13.2. The van der Waals surface area contributed by atoms with E-state index in [4.69, 9.17) is 36.9 Å². The molecule has 21 heteroatoms. The maximum atomic E-state index is 13.2. The highest BCUT2D eigenvalue weighted by Gasteiger charge is 2.58. The summed E-state index contributed by atoms with van der Waals surface area (Å²) in [6.07, 6.45) is -1.74. The number of oxime groups is 1. The van der Waals surface area contributed by atoms with Gasteiger partial charge in [0.2, 0.25) is 0 Å². The molecule has 2 amide bonds. The molecule has 0 bridgehead atoms. The van der Waals surface area contributed by atoms with E-state index in [1.54, 1.807) is 12.1 Å². The van der Waals surface area contributed by atoms with E-state index in [1.165, 1.54) is 26.0 Å². The van der Waals surface area contributed by atoms with Crippen molar-refractivity contribution in [1.82, 2.24) is 26.0 Å². The van der Waals surface area contributed by atoms with Gasteiger partial charge in [-0.25, -0.2) is 9.78 Å². The third kappa shape index (κ3) is 7.52. The Morgan fingerprint density at radius 1 is 1.32 bits per heavy atom. The quantitative estimate of drug-likeness (QED) is 0.0458. The molecule has 0 saturated carbocycles. The first kappa shape index (κ1) is 32.8. The van der Waals surface area contributed by atoms with Gasteiger partial charge in [-0.1, -0.05) is 28.1 Å². The molecule has 0 spiro atoms. The van der Waals surface area contributed by atoms with Crippen molar-refractivity contribution in [2.75, 3.05) is 25.4 Å². The number of ether oxygens (including phenoxy) is 1. The number of carboxylic acids is 1. The minimum absolute atomic E-state index is 0.0625. The second-order valence-corrected chi connectivity index (χ2v) is 12.6. The molecule has 2 aliphatic rings. The summed E-state index contributed by atoms with van der Waals surface area (Å²) < 4.78 is 40.7. The number of benzene rings is 1. The number of hydrogen-bond acceptors (Lipinski definition) is 14. The zero-order chi connectivity index (χ0) is 32.4. The topological polar surface area (TPSA) is 268 Å². The third-order valence-electron chi connectivity index (χ3n) is 6.38. The van der Waals surface area contributed by atoms with Crippen LogP contribution in [0.4, 0.5) is 5.13 Å². The number of aromatic nitrogens is 1. The first-order valence-electron chi connectivity index (χ1n) is 12.6. The Bertz CT molecular complexity index is 1590. The molecule has 1 aromatic carbocycles. The van der Waals surface area contributed by atoms with Crippen molar-refractivity contribution in [2.24, 2.45) is 5.16 Å². The minimum atomic E-state index is -5.04. The lowest BCUT2D eigenvalue weighted by atomic mass is 9.84. The average molecular weight is 675 g/mol. The van der Waals surface area contributed by atoms with Gasteiger partial charge in [0.05, 0.1) is 11.6 Å². The van der Waals surface area contributed by atoms with Crippen molar-refractivity contribution < 1.29 is 46.3 Å². The number of β-lactam (4-membered cyclic amide) rings is 1. The van der Waals surface area contributed by atoms with Gasteiger partial charge in [0.25, 0.3) is 17.9 Å². The number of nitrogens with zero attached hydrogens (tertiary/aromatic N) is 3. The number of nitrogens with two attached hydrogens (primary N) is 1. The largest absolute Gasteiger partial charge is 0.489 e. The van der Waals surface area contributed by atoms with Gasteiger partial charge in [-0.3, -0.25) is 19.6 Å². The molecule has 2 aromatic rings. The van der Waals surface area contributed by atoms with Crippen molar-refractivity contribution in [2.45, 2.75) is 37.6 Å². The number of amidine groups is 1. The van der Waals surface area contributed by atoms with Crippen molar-refractivity contribution in [3.05, 3.63) is 39.9 Å². The van der Waals surface area contributed by atoms with Crippen LogP contribution in [0.2, 0.25) is 4.34 Å². The van der Waals surface area contributed by atoms with Gasteiger partial charge in [0, 0.05) is 18.7 Å². The van der Waals surface area contributed by atoms with E-state index in [0.717, 1.165) is 24.4 Å². The molecular weight excluding hydrogens is 648 g/mol. The summed E-state index contributed by atoms with van der Waals surface area (Å²) in [5, 5.41) is 30.2. The van der Waals surface area contributed by atoms with Crippen LogP contribution in [-0.4, -0.2) is 101 Å². The van der Waals surface area contributed by atoms with E-state index >= 15 is 0 Å². The number of carboxylic acid groups (broad SMARTS) is 1. The highest BCUT2D eigenvalue weighted by atomic mass is 35.5. The number of nitrogens with one attached hydrogen (secondary N) is 4. The molecule has 238 valence electrons. The van der Waals surface area contributed by atoms with Crippen LogP contribution in [0.15, 0.2) is 29.4 Å². The Morgan fingerprint density at radius 3 is 2.48 bits per heavy atom. The predicted molar refractivity (Wildman–Crippen MR) is 155 cm³/mol. The summed E-state index contributed by atoms with van der Waals surface area (Å²) in [5.74, 6) is -3.14. The number of anilines is 1. The zero-order valence-corrected chi connectivity index (χ0v) is 25.3. The van der Waals surface area contributed by atoms with E-state index in [-0.39, 0.29) is 32.8 Å². The monoisotopic (exact) mass is 674 g/mol. The number of hydroxylamine groups is 2. The summed E-state index contributed by atoms with van der Waals surface area (Å²) in [4.78, 5) is 46.7. The molecule has 4 rings (SSSR count). The Kier molecular flexibility index (Phi) is 9.61. The molecule has 1 aromatic heterocycles. The first-order valence-corrected chi connectivity index (χ1v) is 15.1. The smallest absolute Gasteiger partial charge is 0.418 e. The second kappa shape index (κ2) is 12.9. The normalized spacial score (nSPS) is 18.9. The standard InChI is InChI=1S/C23H27ClN8O10S2/c1-23(2)16(20(34)32(23)42-44(37,38)39)30-19(33)15(14-17(24)43-22(26)29-14)31-41-13(21(35)36)9-40-12-5-3-10(4-6-12)18(25)28-11-7-27-8-11/h3-6,11,13,16,27H,7-9H2,1-2H3,(H2,25,28)(H2,26,29)(H,30,33)(H,35,36)(H,37,38,39)/b31-15-/t13-,16+/m0/s1. The zero-order valence-electron chi connectivity index (χ0n) is 22.9. The lowest BCUT2D eigenvalue weighted by molar-refractivity contribution is -0.218. The summed E-state index contributed by atoms with van der Waals surface area (Å²) in [6, 6.07) is 5.11. The Hall–Kier alpha value is -4.08. The van der Waals surface area contributed by atoms with Crippen LogP contribution < -0.4 is 26.4 Å². The van der Waals surface area contributed by atoms with Crippen LogP contribution in [0.1, 0.15) is 25.1 Å². The lowest BCUT2D eigenvalue weighted by Crippen LogP contribution is -2.76. The third-order valence-corrected chi connectivity index (χ3v) is 7.80. The fourth-order valence-corrected chi connectivity index (χ4v) is 5.29. The predicted octanol–water partition coefficient (Wildman–Crippen LogP) is -0.642. The van der Waals surface area contributed by atoms with Crippen molar-refractivity contribution in [3.8, 4) is 5.75 Å². The Balaban J connectivity index is 1.46. The average Bonchev–Trinajstić information content (AvgIpc) is 3.26. The summed E-state index contributed by atoms with van der Waals surface area (Å²) in [5.41, 5.74) is 3.88. The van der Waals surface area contributed by atoms with Gasteiger partial charge >= 0.3 is 16.4 Å². The molecule has 2 saturated heterocycles. The van der Waals surface area contributed by atoms with Crippen LogP contribution in [0.5, 0.6) is 5.75 Å². The number of aliphatic carboxylic acids is 1. The number of rotatable bonds is 13. The van der Waals surface area contributed by atoms with Crippen LogP contribution in [0, 0.1) is 5.41 Å². The van der Waals surface area contributed by atoms with Crippen LogP contribution in [-0.2, 0) is 33.9 Å². The molecule has 0 unspecified atom stereocenters. The molecule has 0 aliphatic carbocycles. The number of thiazole rings is 1. The Labute approximate surface area is 258 Å². The van der Waals surface area contributed by atoms with E-state index in [9.17, 15) is 27.9 Å². The van der Waals surface area contributed by atoms with Gasteiger partial charge in [-0.05, 0) is 38.1 Å². The summed E-state index contributed by atoms with van der Waals surface area (Å²) in [6.45, 7) is 3.63. The molecular formula is C23H27ClN8O10S2. The molecule has 0 radical (unpaired) electrons. The fourth-order valence-electron chi connectivity index (χ4n) is 3.91. The number of hydrogen-bond donors (Lipinski definition) is 7. The van der Waals surface area contributed by atoms with Crippen LogP contribution in [0.25, 0.3) is 0 Å². The SMILES string of the molecule is CC1(C)[C@H](NC(=O)/C(=N\O[C@@H](COc2ccc(C(=N)NC3CNC3)cc2)C(=O)O)c2nc(N)sc2Cl)C(=O)N1OS(=O)(=O)O. The fraction of sp³-hybridized carbons (Fsp3) is 0.391. The Morgan fingerprint density at radius 2 is 1.98 bits per heavy atom. The van der Waals surface area contributed by atoms with E-state index in [1.807, 2.05) is 0 Å². The molecule has 2 fully saturated rings. The van der Waals surface area contributed by atoms with Crippen molar-refractivity contribution in [1.29, 1.82) is 5.41 Å². The number of nitrogen functional groups attached to an aromatic ring is 1. The van der Waals surface area contributed by atoms with E-state index in [2.05, 4.69) is 30.4 Å². The highest BCUT2D eigenvalue weighted by molar-refractivity contribution is 7.80.